The van der Waals surface area contributed by atoms with E-state index in [9.17, 15) is 13.2 Å². The number of pyridine rings is 1. The highest BCUT2D eigenvalue weighted by Crippen LogP contribution is 2.42. The number of nitrogens with zero attached hydrogens (tertiary/aromatic N) is 2. The molecular weight excluding hydrogens is 361 g/mol. The van der Waals surface area contributed by atoms with E-state index >= 15 is 0 Å². The molecule has 2 nitrogen and oxygen atoms in total. The Morgan fingerprint density at radius 1 is 1.04 bits per heavy atom. The Hall–Kier alpha value is -1.52. The number of hydrogen-bond donors (Lipinski definition) is 0. The van der Waals surface area contributed by atoms with Crippen LogP contribution in [0.4, 0.5) is 19.0 Å². The zero-order chi connectivity index (χ0) is 20.1. The molecule has 1 unspecified atom stereocenters. The maximum absolute atomic E-state index is 13.0. The van der Waals surface area contributed by atoms with Crippen molar-refractivity contribution in [2.24, 2.45) is 17.8 Å². The lowest BCUT2D eigenvalue weighted by molar-refractivity contribution is -0.129. The molecule has 3 rings (SSSR count). The van der Waals surface area contributed by atoms with Gasteiger partial charge in [-0.05, 0) is 80.1 Å². The number of rotatable bonds is 6. The van der Waals surface area contributed by atoms with Crippen LogP contribution in [0.5, 0.6) is 0 Å². The molecule has 1 aromatic heterocycles. The average molecular weight is 395 g/mol. The third-order valence-electron chi connectivity index (χ3n) is 6.72. The summed E-state index contributed by atoms with van der Waals surface area (Å²) in [5, 5.41) is 0. The summed E-state index contributed by atoms with van der Waals surface area (Å²) >= 11 is 0. The van der Waals surface area contributed by atoms with Gasteiger partial charge in [0.05, 0.1) is 0 Å². The summed E-state index contributed by atoms with van der Waals surface area (Å²) in [6.45, 7) is 3.63. The fourth-order valence-electron chi connectivity index (χ4n) is 5.11. The van der Waals surface area contributed by atoms with E-state index in [2.05, 4.69) is 18.0 Å². The number of alkyl halides is 3. The molecule has 0 aromatic carbocycles. The number of hydrogen-bond acceptors (Lipinski definition) is 2. The molecule has 156 valence electrons. The standard InChI is InChI=1S/C23H33F3N2/c1-3-5-17-6-8-18(9-7-17)19-10-12-20(13-11-19)21-14-15-22(27-16-21)28(4-2)23(24,25)26/h12,14-19H,3-11,13H2,1-2H3. The average Bonchev–Trinajstić information content (AvgIpc) is 2.69. The molecule has 1 atom stereocenters. The topological polar surface area (TPSA) is 16.1 Å². The maximum atomic E-state index is 13.0. The smallest absolute Gasteiger partial charge is 0.268 e. The van der Waals surface area contributed by atoms with Crippen molar-refractivity contribution in [2.75, 3.05) is 11.4 Å². The highest BCUT2D eigenvalue weighted by atomic mass is 19.4. The molecule has 0 aliphatic heterocycles. The van der Waals surface area contributed by atoms with E-state index < -0.39 is 6.30 Å². The van der Waals surface area contributed by atoms with Crippen LogP contribution in [-0.4, -0.2) is 17.8 Å². The van der Waals surface area contributed by atoms with Crippen LogP contribution in [-0.2, 0) is 0 Å². The molecule has 0 saturated heterocycles. The van der Waals surface area contributed by atoms with E-state index in [0.717, 1.165) is 36.2 Å². The molecule has 0 amide bonds. The minimum atomic E-state index is -4.39. The summed E-state index contributed by atoms with van der Waals surface area (Å²) in [6, 6.07) is 3.28. The lowest BCUT2D eigenvalue weighted by atomic mass is 9.70. The Morgan fingerprint density at radius 3 is 2.29 bits per heavy atom. The predicted molar refractivity (Wildman–Crippen MR) is 109 cm³/mol. The number of anilines is 1. The van der Waals surface area contributed by atoms with Crippen LogP contribution >= 0.6 is 0 Å². The van der Waals surface area contributed by atoms with Gasteiger partial charge in [-0.3, -0.25) is 4.90 Å². The third kappa shape index (κ3) is 5.09. The van der Waals surface area contributed by atoms with Crippen molar-refractivity contribution in [2.45, 2.75) is 77.9 Å². The summed E-state index contributed by atoms with van der Waals surface area (Å²) in [7, 11) is 0. The van der Waals surface area contributed by atoms with Gasteiger partial charge in [0.25, 0.3) is 0 Å². The molecule has 0 radical (unpaired) electrons. The number of halogens is 3. The van der Waals surface area contributed by atoms with Crippen LogP contribution in [0.15, 0.2) is 24.4 Å². The first-order chi connectivity index (χ1) is 13.4. The Kier molecular flexibility index (Phi) is 7.05. The zero-order valence-electron chi connectivity index (χ0n) is 17.1. The molecule has 1 heterocycles. The molecule has 1 saturated carbocycles. The van der Waals surface area contributed by atoms with Crippen LogP contribution < -0.4 is 4.90 Å². The summed E-state index contributed by atoms with van der Waals surface area (Å²) < 4.78 is 39.1. The lowest BCUT2D eigenvalue weighted by Gasteiger charge is -2.35. The van der Waals surface area contributed by atoms with Gasteiger partial charge in [0.15, 0.2) is 0 Å². The van der Waals surface area contributed by atoms with Crippen LogP contribution in [0.25, 0.3) is 5.57 Å². The SMILES string of the molecule is CCCC1CCC(C2CC=C(c3ccc(N(CC)C(F)(F)F)nc3)CC2)CC1. The molecule has 0 bridgehead atoms. The molecule has 28 heavy (non-hydrogen) atoms. The third-order valence-corrected chi connectivity index (χ3v) is 6.72. The van der Waals surface area contributed by atoms with Crippen molar-refractivity contribution in [3.05, 3.63) is 30.0 Å². The highest BCUT2D eigenvalue weighted by molar-refractivity contribution is 5.66. The lowest BCUT2D eigenvalue weighted by Crippen LogP contribution is -2.38. The van der Waals surface area contributed by atoms with Crippen molar-refractivity contribution in [3.63, 3.8) is 0 Å². The summed E-state index contributed by atoms with van der Waals surface area (Å²) in [5.74, 6) is 2.55. The Labute approximate surface area is 167 Å². The molecule has 0 N–H and O–H groups in total. The van der Waals surface area contributed by atoms with Crippen molar-refractivity contribution in [1.82, 2.24) is 4.98 Å². The Bertz CT molecular complexity index is 643. The van der Waals surface area contributed by atoms with Crippen LogP contribution in [0.3, 0.4) is 0 Å². The van der Waals surface area contributed by atoms with Gasteiger partial charge in [-0.15, -0.1) is 0 Å². The van der Waals surface area contributed by atoms with Gasteiger partial charge >= 0.3 is 6.30 Å². The van der Waals surface area contributed by atoms with Gasteiger partial charge < -0.3 is 0 Å². The van der Waals surface area contributed by atoms with Gasteiger partial charge in [0.1, 0.15) is 5.82 Å². The first-order valence-electron chi connectivity index (χ1n) is 10.9. The molecular formula is C23H33F3N2. The second kappa shape index (κ2) is 9.32. The van der Waals surface area contributed by atoms with Gasteiger partial charge in [-0.25, -0.2) is 4.98 Å². The van der Waals surface area contributed by atoms with Gasteiger partial charge in [-0.1, -0.05) is 38.7 Å². The fourth-order valence-corrected chi connectivity index (χ4v) is 5.11. The first kappa shape index (κ1) is 21.2. The van der Waals surface area contributed by atoms with E-state index in [1.165, 1.54) is 63.5 Å². The minimum Gasteiger partial charge on any atom is -0.268 e. The van der Waals surface area contributed by atoms with E-state index in [1.807, 2.05) is 0 Å². The Morgan fingerprint density at radius 2 is 1.79 bits per heavy atom. The molecule has 0 spiro atoms. The van der Waals surface area contributed by atoms with Gasteiger partial charge in [0, 0.05) is 12.7 Å². The number of allylic oxidation sites excluding steroid dienone is 2. The molecule has 2 aliphatic carbocycles. The van der Waals surface area contributed by atoms with E-state index in [0.29, 0.717) is 4.90 Å². The maximum Gasteiger partial charge on any atom is 0.486 e. The minimum absolute atomic E-state index is 0.0307. The zero-order valence-corrected chi connectivity index (χ0v) is 17.1. The molecule has 2 aliphatic rings. The second-order valence-corrected chi connectivity index (χ2v) is 8.45. The summed E-state index contributed by atoms with van der Waals surface area (Å²) in [6.07, 6.45) is 11.0. The fraction of sp³-hybridized carbons (Fsp3) is 0.696. The molecule has 1 aromatic rings. The van der Waals surface area contributed by atoms with Crippen LogP contribution in [0.1, 0.15) is 77.2 Å². The van der Waals surface area contributed by atoms with Crippen molar-refractivity contribution >= 4 is 11.4 Å². The predicted octanol–water partition coefficient (Wildman–Crippen LogP) is 7.22. The molecule has 5 heteroatoms. The normalized spacial score (nSPS) is 26.0. The van der Waals surface area contributed by atoms with Crippen LogP contribution in [0, 0.1) is 17.8 Å². The van der Waals surface area contributed by atoms with Gasteiger partial charge in [0.2, 0.25) is 0 Å². The van der Waals surface area contributed by atoms with E-state index in [-0.39, 0.29) is 12.4 Å². The van der Waals surface area contributed by atoms with Gasteiger partial charge in [-0.2, -0.15) is 13.2 Å². The molecule has 1 fully saturated rings. The van der Waals surface area contributed by atoms with Crippen molar-refractivity contribution in [1.29, 1.82) is 0 Å². The Balaban J connectivity index is 1.58. The van der Waals surface area contributed by atoms with E-state index in [4.69, 9.17) is 0 Å². The monoisotopic (exact) mass is 394 g/mol. The summed E-state index contributed by atoms with van der Waals surface area (Å²) in [4.78, 5) is 4.46. The first-order valence-corrected chi connectivity index (χ1v) is 10.9. The van der Waals surface area contributed by atoms with E-state index in [1.54, 1.807) is 12.3 Å². The van der Waals surface area contributed by atoms with Crippen molar-refractivity contribution in [3.8, 4) is 0 Å². The van der Waals surface area contributed by atoms with Crippen LogP contribution in [0.2, 0.25) is 0 Å². The number of aromatic nitrogens is 1. The largest absolute Gasteiger partial charge is 0.486 e. The summed E-state index contributed by atoms with van der Waals surface area (Å²) in [5.41, 5.74) is 2.21. The highest BCUT2D eigenvalue weighted by Gasteiger charge is 2.37. The second-order valence-electron chi connectivity index (χ2n) is 8.45. The quantitative estimate of drug-likeness (QED) is 0.474. The van der Waals surface area contributed by atoms with Crippen molar-refractivity contribution < 1.29 is 13.2 Å².